The van der Waals surface area contributed by atoms with Crippen LogP contribution >= 0.6 is 11.6 Å². The van der Waals surface area contributed by atoms with Crippen LogP contribution in [0.2, 0.25) is 5.02 Å². The van der Waals surface area contributed by atoms with Gasteiger partial charge < -0.3 is 15.3 Å². The summed E-state index contributed by atoms with van der Waals surface area (Å²) in [6, 6.07) is 7.58. The minimum absolute atomic E-state index is 0.0597. The smallest absolute Gasteiger partial charge is 0.224 e. The van der Waals surface area contributed by atoms with Crippen molar-refractivity contribution in [1.82, 2.24) is 10.2 Å². The van der Waals surface area contributed by atoms with Crippen molar-refractivity contribution in [2.75, 3.05) is 6.54 Å². The molecule has 1 aromatic rings. The van der Waals surface area contributed by atoms with E-state index >= 15 is 0 Å². The van der Waals surface area contributed by atoms with Gasteiger partial charge in [-0.1, -0.05) is 73.9 Å². The van der Waals surface area contributed by atoms with Gasteiger partial charge in [-0.05, 0) is 66.7 Å². The maximum atomic E-state index is 14.0. The number of halogens is 1. The number of aliphatic hydroxyl groups is 1. The van der Waals surface area contributed by atoms with Gasteiger partial charge in [0, 0.05) is 41.9 Å². The molecule has 1 spiro atoms. The molecule has 5 aliphatic rings. The van der Waals surface area contributed by atoms with Crippen LogP contribution in [0.25, 0.3) is 0 Å². The van der Waals surface area contributed by atoms with E-state index in [0.29, 0.717) is 37.4 Å². The van der Waals surface area contributed by atoms with E-state index in [2.05, 4.69) is 48.4 Å². The van der Waals surface area contributed by atoms with E-state index in [0.717, 1.165) is 31.2 Å². The summed E-state index contributed by atoms with van der Waals surface area (Å²) >= 11 is 6.19. The second-order valence-electron chi connectivity index (χ2n) is 12.3. The Hall–Kier alpha value is -2.37. The standard InChI is InChI=1S/C32H39ClN2O3/c1-3-4-16-34-30(38)28-31(2)15-14-27(37)35(19-20-8-11-23(33)12-9-20)29-26-18-24(36)13-10-21-6-5-7-22(17-25(21)26)32(28,29)31/h5-9,11-12,17,24-26,28-29,36H,3-4,10,13-16,18-19H2,1-2H3,(H,34,38). The molecule has 1 heterocycles. The average Bonchev–Trinajstić information content (AvgIpc) is 3.55. The molecule has 2 N–H and O–H groups in total. The highest BCUT2D eigenvalue weighted by atomic mass is 35.5. The molecule has 202 valence electrons. The van der Waals surface area contributed by atoms with Gasteiger partial charge in [0.05, 0.1) is 12.0 Å². The first kappa shape index (κ1) is 25.9. The number of nitrogens with one attached hydrogen (secondary N) is 1. The predicted octanol–water partition coefficient (Wildman–Crippen LogP) is 5.58. The van der Waals surface area contributed by atoms with Crippen LogP contribution in [0.1, 0.15) is 64.4 Å². The number of nitrogens with zero attached hydrogens (tertiary/aromatic N) is 1. The predicted molar refractivity (Wildman–Crippen MR) is 149 cm³/mol. The highest BCUT2D eigenvalue weighted by molar-refractivity contribution is 6.30. The largest absolute Gasteiger partial charge is 0.393 e. The van der Waals surface area contributed by atoms with Crippen molar-refractivity contribution in [3.05, 3.63) is 70.3 Å². The highest BCUT2D eigenvalue weighted by Crippen LogP contribution is 2.80. The Kier molecular flexibility index (Phi) is 6.59. The number of rotatable bonds is 6. The molecule has 7 atom stereocenters. The lowest BCUT2D eigenvalue weighted by Crippen LogP contribution is -2.55. The van der Waals surface area contributed by atoms with E-state index in [-0.39, 0.29) is 41.0 Å². The number of carbonyl (C=O) groups is 2. The Morgan fingerprint density at radius 3 is 2.79 bits per heavy atom. The van der Waals surface area contributed by atoms with E-state index < -0.39 is 11.5 Å². The van der Waals surface area contributed by atoms with Gasteiger partial charge in [-0.25, -0.2) is 0 Å². The van der Waals surface area contributed by atoms with Crippen LogP contribution in [-0.4, -0.2) is 40.5 Å². The van der Waals surface area contributed by atoms with Crippen LogP contribution in [0.3, 0.4) is 0 Å². The molecular weight excluding hydrogens is 496 g/mol. The topological polar surface area (TPSA) is 69.6 Å². The molecule has 2 amide bonds. The molecule has 38 heavy (non-hydrogen) atoms. The van der Waals surface area contributed by atoms with Gasteiger partial charge in [-0.3, -0.25) is 9.59 Å². The van der Waals surface area contributed by atoms with E-state index in [1.54, 1.807) is 0 Å². The summed E-state index contributed by atoms with van der Waals surface area (Å²) in [5.41, 5.74) is 2.80. The average molecular weight is 535 g/mol. The fraction of sp³-hybridized carbons (Fsp3) is 0.562. The van der Waals surface area contributed by atoms with Crippen molar-refractivity contribution < 1.29 is 14.7 Å². The van der Waals surface area contributed by atoms with Crippen molar-refractivity contribution in [2.24, 2.45) is 28.6 Å². The minimum Gasteiger partial charge on any atom is -0.393 e. The third-order valence-electron chi connectivity index (χ3n) is 10.3. The molecule has 3 fully saturated rings. The van der Waals surface area contributed by atoms with Crippen LogP contribution < -0.4 is 5.32 Å². The highest BCUT2D eigenvalue weighted by Gasteiger charge is 2.83. The van der Waals surface area contributed by atoms with Gasteiger partial charge in [-0.15, -0.1) is 0 Å². The molecule has 2 saturated carbocycles. The quantitative estimate of drug-likeness (QED) is 0.468. The monoisotopic (exact) mass is 534 g/mol. The molecule has 1 aliphatic heterocycles. The summed E-state index contributed by atoms with van der Waals surface area (Å²) in [5.74, 6) is 0.294. The molecule has 0 radical (unpaired) electrons. The first-order chi connectivity index (χ1) is 18.3. The number of hydrogen-bond donors (Lipinski definition) is 2. The van der Waals surface area contributed by atoms with Crippen molar-refractivity contribution in [3.63, 3.8) is 0 Å². The fourth-order valence-electron chi connectivity index (χ4n) is 8.58. The van der Waals surface area contributed by atoms with Crippen LogP contribution in [0.5, 0.6) is 0 Å². The van der Waals surface area contributed by atoms with Crippen LogP contribution in [0, 0.1) is 28.6 Å². The molecule has 0 aromatic heterocycles. The molecule has 6 heteroatoms. The maximum Gasteiger partial charge on any atom is 0.224 e. The molecule has 1 saturated heterocycles. The van der Waals surface area contributed by atoms with Crippen LogP contribution in [0.4, 0.5) is 0 Å². The lowest BCUT2D eigenvalue weighted by molar-refractivity contribution is -0.138. The molecular formula is C32H39ClN2O3. The number of aliphatic hydroxyl groups excluding tert-OH is 1. The van der Waals surface area contributed by atoms with Gasteiger partial charge in [-0.2, -0.15) is 0 Å². The number of amides is 2. The van der Waals surface area contributed by atoms with Crippen molar-refractivity contribution >= 4 is 23.4 Å². The molecule has 1 aromatic carbocycles. The van der Waals surface area contributed by atoms with E-state index in [1.165, 1.54) is 11.1 Å². The second-order valence-corrected chi connectivity index (χ2v) is 12.7. The zero-order valence-electron chi connectivity index (χ0n) is 22.5. The Bertz CT molecular complexity index is 1220. The molecule has 2 bridgehead atoms. The fourth-order valence-corrected chi connectivity index (χ4v) is 8.71. The Labute approximate surface area is 231 Å². The SMILES string of the molecule is CCCCNC(=O)C1C2(C)CCC(=O)N(Cc3ccc(Cl)cc3)C3C4CC(O)CCC5=CC=CC(=CC54)C312. The molecule has 4 aliphatic carbocycles. The minimum atomic E-state index is -0.465. The number of allylic oxidation sites excluding steroid dienone is 5. The summed E-state index contributed by atoms with van der Waals surface area (Å²) in [5, 5.41) is 15.0. The second kappa shape index (κ2) is 9.67. The summed E-state index contributed by atoms with van der Waals surface area (Å²) in [6.07, 6.45) is 13.9. The van der Waals surface area contributed by atoms with Gasteiger partial charge in [0.15, 0.2) is 0 Å². The van der Waals surface area contributed by atoms with Gasteiger partial charge >= 0.3 is 0 Å². The van der Waals surface area contributed by atoms with Gasteiger partial charge in [0.2, 0.25) is 11.8 Å². The molecule has 7 unspecified atom stereocenters. The number of hydrogen-bond acceptors (Lipinski definition) is 3. The Balaban J connectivity index is 1.50. The van der Waals surface area contributed by atoms with Crippen molar-refractivity contribution in [2.45, 2.75) is 77.5 Å². The number of benzene rings is 1. The number of likely N-dealkylation sites (tertiary alicyclic amines) is 1. The third-order valence-corrected chi connectivity index (χ3v) is 10.6. The zero-order valence-corrected chi connectivity index (χ0v) is 23.2. The lowest BCUT2D eigenvalue weighted by Gasteiger charge is -2.49. The number of unbranched alkanes of at least 4 members (excludes halogenated alkanes) is 1. The van der Waals surface area contributed by atoms with E-state index in [1.807, 2.05) is 24.3 Å². The summed E-state index contributed by atoms with van der Waals surface area (Å²) < 4.78 is 0. The lowest BCUT2D eigenvalue weighted by atomic mass is 9.63. The summed E-state index contributed by atoms with van der Waals surface area (Å²) in [6.45, 7) is 5.54. The van der Waals surface area contributed by atoms with Crippen LogP contribution in [-0.2, 0) is 16.1 Å². The Morgan fingerprint density at radius 1 is 1.24 bits per heavy atom. The van der Waals surface area contributed by atoms with Crippen LogP contribution in [0.15, 0.2) is 59.7 Å². The third kappa shape index (κ3) is 3.83. The van der Waals surface area contributed by atoms with Gasteiger partial charge in [0.25, 0.3) is 0 Å². The normalized spacial score (nSPS) is 37.1. The number of carbonyl (C=O) groups excluding carboxylic acids is 2. The van der Waals surface area contributed by atoms with Crippen molar-refractivity contribution in [3.8, 4) is 0 Å². The first-order valence-corrected chi connectivity index (χ1v) is 14.8. The first-order valence-electron chi connectivity index (χ1n) is 14.4. The van der Waals surface area contributed by atoms with E-state index in [4.69, 9.17) is 11.6 Å². The van der Waals surface area contributed by atoms with E-state index in [9.17, 15) is 14.7 Å². The molecule has 5 nitrogen and oxygen atoms in total. The van der Waals surface area contributed by atoms with Gasteiger partial charge in [0.1, 0.15) is 0 Å². The van der Waals surface area contributed by atoms with Crippen molar-refractivity contribution in [1.29, 1.82) is 0 Å². The Morgan fingerprint density at radius 2 is 2.03 bits per heavy atom. The summed E-state index contributed by atoms with van der Waals surface area (Å²) in [7, 11) is 0. The maximum absolute atomic E-state index is 14.0. The molecule has 6 rings (SSSR count). The number of fused-ring (bicyclic) bond motifs is 1. The summed E-state index contributed by atoms with van der Waals surface area (Å²) in [4.78, 5) is 29.9. The zero-order chi connectivity index (χ0) is 26.7.